The van der Waals surface area contributed by atoms with Crippen molar-refractivity contribution in [3.8, 4) is 0 Å². The van der Waals surface area contributed by atoms with Gasteiger partial charge in [-0.3, -0.25) is 9.80 Å². The van der Waals surface area contributed by atoms with Crippen LogP contribution in [0.3, 0.4) is 0 Å². The highest BCUT2D eigenvalue weighted by molar-refractivity contribution is 7.89. The average Bonchev–Trinajstić information content (AvgIpc) is 2.63. The third-order valence-corrected chi connectivity index (χ3v) is 6.94. The Morgan fingerprint density at radius 3 is 2.08 bits per heavy atom. The molecule has 2 aliphatic rings. The Kier molecular flexibility index (Phi) is 6.65. The van der Waals surface area contributed by atoms with Crippen LogP contribution in [0.2, 0.25) is 0 Å². The zero-order valence-electron chi connectivity index (χ0n) is 15.4. The Morgan fingerprint density at radius 2 is 1.50 bits per heavy atom. The van der Waals surface area contributed by atoms with Gasteiger partial charge in [-0.1, -0.05) is 17.7 Å². The molecule has 0 aromatic heterocycles. The van der Waals surface area contributed by atoms with Crippen molar-refractivity contribution < 1.29 is 18.3 Å². The van der Waals surface area contributed by atoms with Crippen molar-refractivity contribution in [2.24, 2.45) is 0 Å². The van der Waals surface area contributed by atoms with Gasteiger partial charge in [-0.15, -0.1) is 0 Å². The topological polar surface area (TPSA) is 73.3 Å². The summed E-state index contributed by atoms with van der Waals surface area (Å²) in [7, 11) is -3.43. The number of hydrogen-bond donors (Lipinski definition) is 1. The van der Waals surface area contributed by atoms with Gasteiger partial charge in [0.15, 0.2) is 0 Å². The summed E-state index contributed by atoms with van der Waals surface area (Å²) >= 11 is 0. The molecule has 2 saturated heterocycles. The SMILES string of the molecule is Cc1ccc(S(=O)(=O)N2CCN(C[C@H](O)CN3CCOCC3)CC2)cc1. The molecule has 0 radical (unpaired) electrons. The van der Waals surface area contributed by atoms with Crippen LogP contribution in [-0.2, 0) is 14.8 Å². The zero-order valence-corrected chi connectivity index (χ0v) is 16.2. The van der Waals surface area contributed by atoms with Crippen LogP contribution >= 0.6 is 0 Å². The normalized spacial score (nSPS) is 22.4. The van der Waals surface area contributed by atoms with E-state index in [-0.39, 0.29) is 0 Å². The lowest BCUT2D eigenvalue weighted by Gasteiger charge is -2.36. The number of aliphatic hydroxyl groups excluding tert-OH is 1. The molecule has 1 aromatic rings. The fraction of sp³-hybridized carbons (Fsp3) is 0.667. The van der Waals surface area contributed by atoms with Gasteiger partial charge in [0, 0.05) is 52.4 Å². The van der Waals surface area contributed by atoms with Gasteiger partial charge in [-0.25, -0.2) is 8.42 Å². The summed E-state index contributed by atoms with van der Waals surface area (Å²) in [5, 5.41) is 10.3. The fourth-order valence-corrected chi connectivity index (χ4v) is 4.87. The van der Waals surface area contributed by atoms with Crippen LogP contribution in [0.15, 0.2) is 29.2 Å². The predicted octanol–water partition coefficient (Wildman–Crippen LogP) is -0.00558. The van der Waals surface area contributed by atoms with Crippen LogP contribution in [0.1, 0.15) is 5.56 Å². The number of piperazine rings is 1. The molecule has 2 fully saturated rings. The number of benzene rings is 1. The maximum atomic E-state index is 12.7. The lowest BCUT2D eigenvalue weighted by atomic mass is 10.2. The highest BCUT2D eigenvalue weighted by atomic mass is 32.2. The van der Waals surface area contributed by atoms with Gasteiger partial charge >= 0.3 is 0 Å². The molecule has 0 saturated carbocycles. The van der Waals surface area contributed by atoms with Crippen molar-refractivity contribution in [2.75, 3.05) is 65.6 Å². The van der Waals surface area contributed by atoms with Gasteiger partial charge < -0.3 is 9.84 Å². The summed E-state index contributed by atoms with van der Waals surface area (Å²) < 4.78 is 32.3. The van der Waals surface area contributed by atoms with E-state index in [0.717, 1.165) is 31.9 Å². The molecule has 7 nitrogen and oxygen atoms in total. The molecule has 0 amide bonds. The summed E-state index contributed by atoms with van der Waals surface area (Å²) in [5.41, 5.74) is 1.04. The molecular weight excluding hydrogens is 354 g/mol. The molecule has 1 atom stereocenters. The van der Waals surface area contributed by atoms with E-state index in [1.54, 1.807) is 16.4 Å². The maximum absolute atomic E-state index is 12.7. The first-order valence-corrected chi connectivity index (χ1v) is 10.7. The first-order valence-electron chi connectivity index (χ1n) is 9.22. The number of rotatable bonds is 6. The highest BCUT2D eigenvalue weighted by Gasteiger charge is 2.29. The smallest absolute Gasteiger partial charge is 0.243 e. The number of β-amino-alcohol motifs (C(OH)–C–C–N with tert-alkyl or cyclic N) is 1. The van der Waals surface area contributed by atoms with E-state index in [9.17, 15) is 13.5 Å². The summed E-state index contributed by atoms with van der Waals surface area (Å²) in [5.74, 6) is 0. The summed E-state index contributed by atoms with van der Waals surface area (Å²) in [6.07, 6.45) is -0.423. The Morgan fingerprint density at radius 1 is 0.962 bits per heavy atom. The second-order valence-corrected chi connectivity index (χ2v) is 9.02. The molecule has 1 aromatic carbocycles. The first-order chi connectivity index (χ1) is 12.4. The highest BCUT2D eigenvalue weighted by Crippen LogP contribution is 2.18. The minimum Gasteiger partial charge on any atom is -0.390 e. The van der Waals surface area contributed by atoms with Crippen molar-refractivity contribution in [1.82, 2.24) is 14.1 Å². The van der Waals surface area contributed by atoms with Crippen molar-refractivity contribution in [3.05, 3.63) is 29.8 Å². The summed E-state index contributed by atoms with van der Waals surface area (Å²) in [6.45, 7) is 8.54. The Bertz CT molecular complexity index is 666. The summed E-state index contributed by atoms with van der Waals surface area (Å²) in [4.78, 5) is 4.71. The number of aryl methyl sites for hydroxylation is 1. The quantitative estimate of drug-likeness (QED) is 0.745. The second-order valence-electron chi connectivity index (χ2n) is 7.08. The minimum absolute atomic E-state index is 0.351. The number of aliphatic hydroxyl groups is 1. The molecule has 26 heavy (non-hydrogen) atoms. The van der Waals surface area contributed by atoms with Crippen LogP contribution in [0.4, 0.5) is 0 Å². The van der Waals surface area contributed by atoms with Crippen molar-refractivity contribution in [1.29, 1.82) is 0 Å². The number of sulfonamides is 1. The number of ether oxygens (including phenoxy) is 1. The van der Waals surface area contributed by atoms with Gasteiger partial charge in [0.25, 0.3) is 0 Å². The molecule has 2 heterocycles. The largest absolute Gasteiger partial charge is 0.390 e. The number of hydrogen-bond acceptors (Lipinski definition) is 6. The van der Waals surface area contributed by atoms with Crippen LogP contribution in [0.5, 0.6) is 0 Å². The summed E-state index contributed by atoms with van der Waals surface area (Å²) in [6, 6.07) is 6.99. The van der Waals surface area contributed by atoms with Crippen molar-refractivity contribution in [2.45, 2.75) is 17.9 Å². The second kappa shape index (κ2) is 8.77. The molecule has 0 spiro atoms. The Hall–Kier alpha value is -1.03. The maximum Gasteiger partial charge on any atom is 0.243 e. The van der Waals surface area contributed by atoms with E-state index in [1.807, 2.05) is 19.1 Å². The lowest BCUT2D eigenvalue weighted by Crippen LogP contribution is -2.52. The third kappa shape index (κ3) is 5.03. The molecule has 146 valence electrons. The average molecular weight is 384 g/mol. The van der Waals surface area contributed by atoms with Crippen molar-refractivity contribution in [3.63, 3.8) is 0 Å². The first kappa shape index (κ1) is 19.7. The fourth-order valence-electron chi connectivity index (χ4n) is 3.45. The van der Waals surface area contributed by atoms with E-state index in [2.05, 4.69) is 9.80 Å². The third-order valence-electron chi connectivity index (χ3n) is 5.03. The van der Waals surface area contributed by atoms with E-state index >= 15 is 0 Å². The standard InChI is InChI=1S/C18H29N3O4S/c1-16-2-4-18(5-3-16)26(23,24)21-8-6-19(7-9-21)14-17(22)15-20-10-12-25-13-11-20/h2-5,17,22H,6-15H2,1H3/t17-/m0/s1. The molecule has 2 aliphatic heterocycles. The van der Waals surface area contributed by atoms with Gasteiger partial charge in [0.1, 0.15) is 0 Å². The minimum atomic E-state index is -3.43. The zero-order chi connectivity index (χ0) is 18.6. The van der Waals surface area contributed by atoms with Gasteiger partial charge in [0.05, 0.1) is 24.2 Å². The van der Waals surface area contributed by atoms with Crippen molar-refractivity contribution >= 4 is 10.0 Å². The lowest BCUT2D eigenvalue weighted by molar-refractivity contribution is 0.00469. The number of morpholine rings is 1. The molecule has 1 N–H and O–H groups in total. The van der Waals surface area contributed by atoms with Crippen LogP contribution in [-0.4, -0.2) is 99.3 Å². The van der Waals surface area contributed by atoms with E-state index in [1.165, 1.54) is 0 Å². The van der Waals surface area contributed by atoms with Gasteiger partial charge in [0.2, 0.25) is 10.0 Å². The Labute approximate surface area is 156 Å². The molecule has 0 bridgehead atoms. The molecular formula is C18H29N3O4S. The van der Waals surface area contributed by atoms with Gasteiger partial charge in [-0.2, -0.15) is 4.31 Å². The number of nitrogens with zero attached hydrogens (tertiary/aromatic N) is 3. The van der Waals surface area contributed by atoms with Crippen LogP contribution in [0, 0.1) is 6.92 Å². The van der Waals surface area contributed by atoms with E-state index in [4.69, 9.17) is 4.74 Å². The Balaban J connectivity index is 1.48. The predicted molar refractivity (Wildman–Crippen MR) is 99.6 cm³/mol. The van der Waals surface area contributed by atoms with Gasteiger partial charge in [-0.05, 0) is 19.1 Å². The van der Waals surface area contributed by atoms with E-state index in [0.29, 0.717) is 44.2 Å². The molecule has 8 heteroatoms. The van der Waals surface area contributed by atoms with Crippen LogP contribution in [0.25, 0.3) is 0 Å². The van der Waals surface area contributed by atoms with E-state index < -0.39 is 16.1 Å². The van der Waals surface area contributed by atoms with Crippen LogP contribution < -0.4 is 0 Å². The molecule has 0 aliphatic carbocycles. The molecule has 0 unspecified atom stereocenters. The molecule has 3 rings (SSSR count). The monoisotopic (exact) mass is 383 g/mol.